The quantitative estimate of drug-likeness (QED) is 0.504. The van der Waals surface area contributed by atoms with Gasteiger partial charge in [-0.1, -0.05) is 6.92 Å². The molecule has 2 rings (SSSR count). The average Bonchev–Trinajstić information content (AvgIpc) is 2.84. The first-order valence-electron chi connectivity index (χ1n) is 6.98. The maximum atomic E-state index is 12.4. The molecule has 1 N–H and O–H groups in total. The van der Waals surface area contributed by atoms with Crippen molar-refractivity contribution >= 4 is 17.3 Å². The highest BCUT2D eigenvalue weighted by atomic mass is 16.6. The van der Waals surface area contributed by atoms with Crippen LogP contribution in [0.5, 0.6) is 0 Å². The van der Waals surface area contributed by atoms with Crippen molar-refractivity contribution in [1.29, 1.82) is 0 Å². The van der Waals surface area contributed by atoms with Crippen molar-refractivity contribution in [3.8, 4) is 0 Å². The number of hydrogen-bond acceptors (Lipinski definition) is 4. The Morgan fingerprint density at radius 3 is 2.76 bits per heavy atom. The highest BCUT2D eigenvalue weighted by Crippen LogP contribution is 2.18. The Morgan fingerprint density at radius 2 is 2.10 bits per heavy atom. The number of nitrogens with zero attached hydrogens (tertiary/aromatic N) is 1. The Hall–Kier alpha value is -2.14. The third-order valence-electron chi connectivity index (χ3n) is 3.27. The number of carbonyl (C=O) groups excluding carboxylic acids is 2. The van der Waals surface area contributed by atoms with Crippen LogP contribution in [0.25, 0.3) is 5.52 Å². The first-order valence-corrected chi connectivity index (χ1v) is 6.98. The number of ether oxygens (including phenoxy) is 1. The van der Waals surface area contributed by atoms with Gasteiger partial charge in [-0.05, 0) is 37.7 Å². The SMILES string of the molecule is CCNC(C)(CC(=O)c1ccn2cccc2c1)OC(C)=O. The molecule has 1 unspecified atom stereocenters. The summed E-state index contributed by atoms with van der Waals surface area (Å²) in [5.74, 6) is -0.475. The van der Waals surface area contributed by atoms with E-state index in [-0.39, 0.29) is 12.2 Å². The fourth-order valence-corrected chi connectivity index (χ4v) is 2.44. The molecular weight excluding hydrogens is 268 g/mol. The molecule has 1 atom stereocenters. The van der Waals surface area contributed by atoms with E-state index in [0.717, 1.165) is 5.52 Å². The van der Waals surface area contributed by atoms with Crippen LogP contribution in [0.3, 0.4) is 0 Å². The molecule has 0 spiro atoms. The summed E-state index contributed by atoms with van der Waals surface area (Å²) in [6.07, 6.45) is 3.86. The fraction of sp³-hybridized carbons (Fsp3) is 0.375. The van der Waals surface area contributed by atoms with E-state index < -0.39 is 11.7 Å². The normalized spacial score (nSPS) is 13.9. The van der Waals surface area contributed by atoms with Gasteiger partial charge in [-0.25, -0.2) is 0 Å². The van der Waals surface area contributed by atoms with Gasteiger partial charge in [0.1, 0.15) is 0 Å². The van der Waals surface area contributed by atoms with Crippen LogP contribution >= 0.6 is 0 Å². The van der Waals surface area contributed by atoms with E-state index in [1.165, 1.54) is 6.92 Å². The number of rotatable bonds is 6. The summed E-state index contributed by atoms with van der Waals surface area (Å²) in [7, 11) is 0. The second kappa shape index (κ2) is 6.10. The topological polar surface area (TPSA) is 59.8 Å². The molecule has 0 fully saturated rings. The van der Waals surface area contributed by atoms with Gasteiger partial charge >= 0.3 is 5.97 Å². The first kappa shape index (κ1) is 15.3. The molecule has 2 heterocycles. The van der Waals surface area contributed by atoms with Crippen LogP contribution in [0.1, 0.15) is 37.6 Å². The molecule has 0 aliphatic carbocycles. The minimum atomic E-state index is -0.980. The standard InChI is InChI=1S/C16H20N2O3/c1-4-17-16(3,21-12(2)19)11-15(20)13-7-9-18-8-5-6-14(18)10-13/h5-10,17H,4,11H2,1-3H3. The molecule has 0 aliphatic rings. The molecule has 2 aromatic heterocycles. The van der Waals surface area contributed by atoms with Gasteiger partial charge in [-0.2, -0.15) is 0 Å². The molecule has 0 aromatic carbocycles. The second-order valence-corrected chi connectivity index (χ2v) is 5.21. The van der Waals surface area contributed by atoms with Crippen LogP contribution in [-0.2, 0) is 9.53 Å². The van der Waals surface area contributed by atoms with E-state index >= 15 is 0 Å². The van der Waals surface area contributed by atoms with Crippen molar-refractivity contribution in [2.45, 2.75) is 32.9 Å². The van der Waals surface area contributed by atoms with Gasteiger partial charge in [0.15, 0.2) is 11.5 Å². The average molecular weight is 288 g/mol. The minimum Gasteiger partial charge on any atom is -0.444 e. The maximum Gasteiger partial charge on any atom is 0.304 e. The molecule has 0 saturated heterocycles. The van der Waals surface area contributed by atoms with E-state index in [0.29, 0.717) is 12.1 Å². The lowest BCUT2D eigenvalue weighted by Gasteiger charge is -2.29. The van der Waals surface area contributed by atoms with E-state index in [1.54, 1.807) is 13.0 Å². The second-order valence-electron chi connectivity index (χ2n) is 5.21. The lowest BCUT2D eigenvalue weighted by molar-refractivity contribution is -0.158. The van der Waals surface area contributed by atoms with E-state index in [4.69, 9.17) is 4.74 Å². The van der Waals surface area contributed by atoms with Crippen LogP contribution in [0.15, 0.2) is 36.7 Å². The molecule has 0 saturated carbocycles. The van der Waals surface area contributed by atoms with Gasteiger partial charge in [-0.15, -0.1) is 0 Å². The van der Waals surface area contributed by atoms with Crippen molar-refractivity contribution in [3.63, 3.8) is 0 Å². The fourth-order valence-electron chi connectivity index (χ4n) is 2.44. The third kappa shape index (κ3) is 3.70. The Balaban J connectivity index is 2.19. The molecule has 5 heteroatoms. The van der Waals surface area contributed by atoms with Crippen molar-refractivity contribution in [1.82, 2.24) is 9.72 Å². The number of aromatic nitrogens is 1. The third-order valence-corrected chi connectivity index (χ3v) is 3.27. The van der Waals surface area contributed by atoms with Gasteiger partial charge in [0, 0.05) is 30.4 Å². The van der Waals surface area contributed by atoms with Crippen LogP contribution in [0.2, 0.25) is 0 Å². The molecule has 0 amide bonds. The summed E-state index contributed by atoms with van der Waals surface area (Å²) in [4.78, 5) is 23.7. The molecule has 21 heavy (non-hydrogen) atoms. The van der Waals surface area contributed by atoms with Crippen molar-refractivity contribution < 1.29 is 14.3 Å². The number of hydrogen-bond donors (Lipinski definition) is 1. The number of pyridine rings is 1. The monoisotopic (exact) mass is 288 g/mol. The van der Waals surface area contributed by atoms with Crippen LogP contribution in [0.4, 0.5) is 0 Å². The Labute approximate surface area is 123 Å². The van der Waals surface area contributed by atoms with E-state index in [9.17, 15) is 9.59 Å². The van der Waals surface area contributed by atoms with E-state index in [2.05, 4.69) is 5.32 Å². The molecule has 112 valence electrons. The van der Waals surface area contributed by atoms with Gasteiger partial charge in [-0.3, -0.25) is 14.9 Å². The molecule has 0 aliphatic heterocycles. The highest BCUT2D eigenvalue weighted by Gasteiger charge is 2.30. The van der Waals surface area contributed by atoms with E-state index in [1.807, 2.05) is 41.9 Å². The molecule has 0 bridgehead atoms. The molecular formula is C16H20N2O3. The predicted molar refractivity (Wildman–Crippen MR) is 80.2 cm³/mol. The van der Waals surface area contributed by atoms with Gasteiger partial charge in [0.2, 0.25) is 0 Å². The summed E-state index contributed by atoms with van der Waals surface area (Å²) in [6.45, 7) is 5.56. The number of Topliss-reactive ketones (excluding diaryl/α,β-unsaturated/α-hetero) is 1. The van der Waals surface area contributed by atoms with Crippen molar-refractivity contribution in [2.75, 3.05) is 6.54 Å². The summed E-state index contributed by atoms with van der Waals surface area (Å²) in [5.41, 5.74) is 0.585. The molecule has 2 aromatic rings. The van der Waals surface area contributed by atoms with Crippen LogP contribution in [0, 0.1) is 0 Å². The van der Waals surface area contributed by atoms with Gasteiger partial charge < -0.3 is 9.14 Å². The largest absolute Gasteiger partial charge is 0.444 e. The zero-order valence-corrected chi connectivity index (χ0v) is 12.6. The summed E-state index contributed by atoms with van der Waals surface area (Å²) >= 11 is 0. The summed E-state index contributed by atoms with van der Waals surface area (Å²) < 4.78 is 7.20. The number of nitrogens with one attached hydrogen (secondary N) is 1. The van der Waals surface area contributed by atoms with Gasteiger partial charge in [0.25, 0.3) is 0 Å². The van der Waals surface area contributed by atoms with Gasteiger partial charge in [0.05, 0.1) is 6.42 Å². The summed E-state index contributed by atoms with van der Waals surface area (Å²) in [5, 5.41) is 3.05. The molecule has 5 nitrogen and oxygen atoms in total. The smallest absolute Gasteiger partial charge is 0.304 e. The maximum absolute atomic E-state index is 12.4. The zero-order valence-electron chi connectivity index (χ0n) is 12.6. The lowest BCUT2D eigenvalue weighted by Crippen LogP contribution is -2.47. The van der Waals surface area contributed by atoms with Crippen LogP contribution in [-0.4, -0.2) is 28.4 Å². The predicted octanol–water partition coefficient (Wildman–Crippen LogP) is 2.40. The number of fused-ring (bicyclic) bond motifs is 1. The van der Waals surface area contributed by atoms with Crippen molar-refractivity contribution in [2.24, 2.45) is 0 Å². The number of ketones is 1. The minimum absolute atomic E-state index is 0.0663. The highest BCUT2D eigenvalue weighted by molar-refractivity contribution is 5.97. The zero-order chi connectivity index (χ0) is 15.5. The Bertz CT molecular complexity index is 662. The Morgan fingerprint density at radius 1 is 1.33 bits per heavy atom. The molecule has 0 radical (unpaired) electrons. The Kier molecular flexibility index (Phi) is 4.43. The number of esters is 1. The summed E-state index contributed by atoms with van der Waals surface area (Å²) in [6, 6.07) is 7.47. The van der Waals surface area contributed by atoms with Crippen LogP contribution < -0.4 is 5.32 Å². The first-order chi connectivity index (χ1) is 9.93. The number of carbonyl (C=O) groups is 2. The van der Waals surface area contributed by atoms with Crippen molar-refractivity contribution in [3.05, 3.63) is 42.2 Å². The lowest BCUT2D eigenvalue weighted by atomic mass is 10.0.